The summed E-state index contributed by atoms with van der Waals surface area (Å²) < 4.78 is 0. The zero-order chi connectivity index (χ0) is 10.0. The third-order valence-electron chi connectivity index (χ3n) is 1.53. The van der Waals surface area contributed by atoms with Gasteiger partial charge in [0.1, 0.15) is 5.69 Å². The number of carboxylic acid groups (broad SMARTS) is 1. The maximum atomic E-state index is 10.8. The van der Waals surface area contributed by atoms with Gasteiger partial charge in [-0.2, -0.15) is 0 Å². The molecular weight excluding hydrogens is 172 g/mol. The molecule has 0 aliphatic rings. The minimum atomic E-state index is -1.16. The van der Waals surface area contributed by atoms with Crippen molar-refractivity contribution in [1.29, 1.82) is 0 Å². The molecule has 0 spiro atoms. The summed E-state index contributed by atoms with van der Waals surface area (Å²) in [6.45, 7) is 1.31. The Morgan fingerprint density at radius 3 is 2.62 bits per heavy atom. The third kappa shape index (κ3) is 1.81. The normalized spacial score (nSPS) is 9.62. The van der Waals surface area contributed by atoms with Crippen molar-refractivity contribution in [3.63, 3.8) is 0 Å². The van der Waals surface area contributed by atoms with Crippen LogP contribution in [-0.2, 0) is 0 Å². The quantitative estimate of drug-likeness (QED) is 0.648. The van der Waals surface area contributed by atoms with E-state index in [1.54, 1.807) is 0 Å². The van der Waals surface area contributed by atoms with Gasteiger partial charge in [-0.05, 0) is 6.07 Å². The minimum absolute atomic E-state index is 0.0532. The molecule has 1 aromatic rings. The van der Waals surface area contributed by atoms with Gasteiger partial charge in [-0.1, -0.05) is 0 Å². The van der Waals surface area contributed by atoms with Gasteiger partial charge in [0.25, 0.3) is 0 Å². The van der Waals surface area contributed by atoms with E-state index in [-0.39, 0.29) is 22.7 Å². The van der Waals surface area contributed by atoms with Crippen LogP contribution in [0.25, 0.3) is 0 Å². The molecule has 0 bridgehead atoms. The first-order valence-corrected chi connectivity index (χ1v) is 3.52. The van der Waals surface area contributed by atoms with E-state index in [0.29, 0.717) is 0 Å². The average Bonchev–Trinajstić information content (AvgIpc) is 2.04. The van der Waals surface area contributed by atoms with E-state index >= 15 is 0 Å². The van der Waals surface area contributed by atoms with Crippen LogP contribution >= 0.6 is 0 Å². The van der Waals surface area contributed by atoms with Crippen molar-refractivity contribution in [3.05, 3.63) is 23.5 Å². The van der Waals surface area contributed by atoms with Gasteiger partial charge in [-0.25, -0.2) is 4.79 Å². The molecule has 0 radical (unpaired) electrons. The van der Waals surface area contributed by atoms with Crippen molar-refractivity contribution in [3.8, 4) is 0 Å². The van der Waals surface area contributed by atoms with Crippen LogP contribution in [0.15, 0.2) is 12.3 Å². The Balaban J connectivity index is 3.27. The molecule has 0 unspecified atom stereocenters. The number of nitrogens with zero attached hydrogens (tertiary/aromatic N) is 1. The molecule has 1 rings (SSSR count). The summed E-state index contributed by atoms with van der Waals surface area (Å²) in [6.07, 6.45) is 1.17. The molecule has 0 saturated heterocycles. The van der Waals surface area contributed by atoms with Gasteiger partial charge in [0, 0.05) is 6.92 Å². The van der Waals surface area contributed by atoms with Crippen molar-refractivity contribution in [2.24, 2.45) is 0 Å². The van der Waals surface area contributed by atoms with E-state index in [4.69, 9.17) is 10.8 Å². The number of hydrogen-bond acceptors (Lipinski definition) is 4. The molecule has 13 heavy (non-hydrogen) atoms. The molecular formula is C8H8N2O3. The molecule has 3 N–H and O–H groups in total. The molecule has 1 aromatic heterocycles. The van der Waals surface area contributed by atoms with Gasteiger partial charge in [-0.15, -0.1) is 0 Å². The van der Waals surface area contributed by atoms with E-state index in [1.165, 1.54) is 19.2 Å². The summed E-state index contributed by atoms with van der Waals surface area (Å²) in [6, 6.07) is 1.17. The van der Waals surface area contributed by atoms with Crippen LogP contribution in [0.5, 0.6) is 0 Å². The van der Waals surface area contributed by atoms with Crippen LogP contribution in [0.2, 0.25) is 0 Å². The number of anilines is 1. The maximum Gasteiger partial charge on any atom is 0.337 e. The highest BCUT2D eigenvalue weighted by Gasteiger charge is 2.11. The molecule has 0 aliphatic carbocycles. The first-order chi connectivity index (χ1) is 6.02. The van der Waals surface area contributed by atoms with E-state index in [2.05, 4.69) is 4.98 Å². The zero-order valence-electron chi connectivity index (χ0n) is 6.94. The van der Waals surface area contributed by atoms with Crippen LogP contribution in [0.4, 0.5) is 5.69 Å². The van der Waals surface area contributed by atoms with Gasteiger partial charge in [0.2, 0.25) is 0 Å². The second-order valence-electron chi connectivity index (χ2n) is 2.52. The predicted octanol–water partition coefficient (Wildman–Crippen LogP) is 0.565. The lowest BCUT2D eigenvalue weighted by atomic mass is 10.1. The Kier molecular flexibility index (Phi) is 2.27. The van der Waals surface area contributed by atoms with Gasteiger partial charge in [-0.3, -0.25) is 9.78 Å². The monoisotopic (exact) mass is 180 g/mol. The van der Waals surface area contributed by atoms with E-state index in [1.807, 2.05) is 0 Å². The van der Waals surface area contributed by atoms with Crippen LogP contribution in [0.1, 0.15) is 27.8 Å². The highest BCUT2D eigenvalue weighted by Crippen LogP contribution is 2.11. The van der Waals surface area contributed by atoms with E-state index in [9.17, 15) is 9.59 Å². The number of carbonyl (C=O) groups excluding carboxylic acids is 1. The van der Waals surface area contributed by atoms with Crippen LogP contribution in [0.3, 0.4) is 0 Å². The van der Waals surface area contributed by atoms with Gasteiger partial charge < -0.3 is 10.8 Å². The zero-order valence-corrected chi connectivity index (χ0v) is 6.94. The Morgan fingerprint density at radius 1 is 1.54 bits per heavy atom. The number of nitrogen functional groups attached to an aromatic ring is 1. The number of hydrogen-bond donors (Lipinski definition) is 2. The number of carboxylic acids is 1. The fourth-order valence-corrected chi connectivity index (χ4v) is 0.844. The SMILES string of the molecule is CC(=O)c1cc(C(=O)O)c(N)cn1. The number of aromatic nitrogens is 1. The van der Waals surface area contributed by atoms with Crippen molar-refractivity contribution < 1.29 is 14.7 Å². The van der Waals surface area contributed by atoms with Gasteiger partial charge in [0.05, 0.1) is 17.4 Å². The number of ketones is 1. The molecule has 68 valence electrons. The smallest absolute Gasteiger partial charge is 0.337 e. The lowest BCUT2D eigenvalue weighted by Crippen LogP contribution is -2.06. The number of pyridine rings is 1. The molecule has 0 aliphatic heterocycles. The predicted molar refractivity (Wildman–Crippen MR) is 45.6 cm³/mol. The summed E-state index contributed by atoms with van der Waals surface area (Å²) in [5, 5.41) is 8.65. The molecule has 0 amide bonds. The Hall–Kier alpha value is -1.91. The standard InChI is InChI=1S/C8H8N2O3/c1-4(11)7-2-5(8(12)13)6(9)3-10-7/h2-3H,9H2,1H3,(H,12,13). The Bertz CT molecular complexity index is 374. The summed E-state index contributed by atoms with van der Waals surface area (Å²) in [5.41, 5.74) is 5.40. The summed E-state index contributed by atoms with van der Waals surface area (Å²) >= 11 is 0. The van der Waals surface area contributed by atoms with E-state index in [0.717, 1.165) is 0 Å². The molecule has 0 saturated carbocycles. The number of carbonyl (C=O) groups is 2. The van der Waals surface area contributed by atoms with Gasteiger partial charge in [0.15, 0.2) is 5.78 Å². The largest absolute Gasteiger partial charge is 0.478 e. The van der Waals surface area contributed by atoms with Crippen molar-refractivity contribution >= 4 is 17.4 Å². The number of rotatable bonds is 2. The fourth-order valence-electron chi connectivity index (χ4n) is 0.844. The lowest BCUT2D eigenvalue weighted by Gasteiger charge is -2.00. The van der Waals surface area contributed by atoms with Crippen molar-refractivity contribution in [2.75, 3.05) is 5.73 Å². The van der Waals surface area contributed by atoms with Crippen LogP contribution in [-0.4, -0.2) is 21.8 Å². The highest BCUT2D eigenvalue weighted by atomic mass is 16.4. The van der Waals surface area contributed by atoms with Crippen LogP contribution in [0, 0.1) is 0 Å². The second-order valence-corrected chi connectivity index (χ2v) is 2.52. The fraction of sp³-hybridized carbons (Fsp3) is 0.125. The molecule has 5 nitrogen and oxygen atoms in total. The van der Waals surface area contributed by atoms with Crippen LogP contribution < -0.4 is 5.73 Å². The third-order valence-corrected chi connectivity index (χ3v) is 1.53. The molecule has 5 heteroatoms. The Morgan fingerprint density at radius 2 is 2.15 bits per heavy atom. The van der Waals surface area contributed by atoms with Crippen molar-refractivity contribution in [2.45, 2.75) is 6.92 Å². The number of nitrogens with two attached hydrogens (primary N) is 1. The maximum absolute atomic E-state index is 10.8. The first kappa shape index (κ1) is 9.18. The van der Waals surface area contributed by atoms with Gasteiger partial charge >= 0.3 is 5.97 Å². The second kappa shape index (κ2) is 3.22. The van der Waals surface area contributed by atoms with Crippen molar-refractivity contribution in [1.82, 2.24) is 4.98 Å². The molecule has 0 fully saturated rings. The summed E-state index contributed by atoms with van der Waals surface area (Å²) in [4.78, 5) is 25.1. The number of aromatic carboxylic acids is 1. The minimum Gasteiger partial charge on any atom is -0.478 e. The number of Topliss-reactive ketones (excluding diaryl/α,β-unsaturated/α-hetero) is 1. The lowest BCUT2D eigenvalue weighted by molar-refractivity contribution is 0.0698. The topological polar surface area (TPSA) is 93.3 Å². The Labute approximate surface area is 74.2 Å². The first-order valence-electron chi connectivity index (χ1n) is 3.52. The highest BCUT2D eigenvalue weighted by molar-refractivity contribution is 5.98. The molecule has 0 atom stereocenters. The van der Waals surface area contributed by atoms with E-state index < -0.39 is 5.97 Å². The molecule has 0 aromatic carbocycles. The summed E-state index contributed by atoms with van der Waals surface area (Å²) in [7, 11) is 0. The molecule has 1 heterocycles. The summed E-state index contributed by atoms with van der Waals surface area (Å²) in [5.74, 6) is -1.45. The average molecular weight is 180 g/mol.